The minimum absolute atomic E-state index is 0.0219. The summed E-state index contributed by atoms with van der Waals surface area (Å²) in [6.45, 7) is 1.96. The van der Waals surface area contributed by atoms with E-state index >= 15 is 0 Å². The molecule has 0 aliphatic heterocycles. The fourth-order valence-electron chi connectivity index (χ4n) is 5.63. The van der Waals surface area contributed by atoms with Crippen LogP contribution in [0.1, 0.15) is 77.2 Å². The van der Waals surface area contributed by atoms with E-state index < -0.39 is 59.6 Å². The molecule has 0 spiro atoms. The second kappa shape index (κ2) is 19.1. The average Bonchev–Trinajstić information content (AvgIpc) is 3.61. The number of aryl methyl sites for hydroxylation is 1. The van der Waals surface area contributed by atoms with Gasteiger partial charge in [-0.2, -0.15) is 5.26 Å². The molecule has 1 atom stereocenters. The van der Waals surface area contributed by atoms with Crippen molar-refractivity contribution in [2.45, 2.75) is 25.8 Å². The molecule has 18 nitrogen and oxygen atoms in total. The Labute approximate surface area is 342 Å². The molecule has 60 heavy (non-hydrogen) atoms. The van der Waals surface area contributed by atoms with Crippen LogP contribution in [0, 0.1) is 11.3 Å². The summed E-state index contributed by atoms with van der Waals surface area (Å²) in [4.78, 5) is 88.3. The van der Waals surface area contributed by atoms with Gasteiger partial charge in [0.25, 0.3) is 23.6 Å². The Balaban J connectivity index is 1.21. The summed E-state index contributed by atoms with van der Waals surface area (Å²) in [6.07, 6.45) is 1.50. The zero-order valence-electron chi connectivity index (χ0n) is 32.1. The Morgan fingerprint density at radius 1 is 0.750 bits per heavy atom. The van der Waals surface area contributed by atoms with E-state index in [2.05, 4.69) is 26.6 Å². The van der Waals surface area contributed by atoms with E-state index in [1.165, 1.54) is 102 Å². The van der Waals surface area contributed by atoms with Crippen LogP contribution in [0.5, 0.6) is 11.5 Å². The van der Waals surface area contributed by atoms with Gasteiger partial charge < -0.3 is 51.8 Å². The zero-order valence-corrected chi connectivity index (χ0v) is 32.1. The normalized spacial score (nSPS) is 10.9. The van der Waals surface area contributed by atoms with Crippen molar-refractivity contribution >= 4 is 64.2 Å². The first kappa shape index (κ1) is 42.7. The van der Waals surface area contributed by atoms with Gasteiger partial charge in [-0.05, 0) is 97.4 Å². The second-order valence-electron chi connectivity index (χ2n) is 13.1. The molecule has 1 aromatic heterocycles. The number of amides is 6. The molecule has 4 aromatic carbocycles. The third-order valence-corrected chi connectivity index (χ3v) is 8.68. The largest absolute Gasteiger partial charge is 0.504 e. The third-order valence-electron chi connectivity index (χ3n) is 8.68. The molecular weight excluding hydrogens is 777 g/mol. The van der Waals surface area contributed by atoms with Gasteiger partial charge in [0.1, 0.15) is 17.8 Å². The number of aromatic carboxylic acids is 1. The van der Waals surface area contributed by atoms with Crippen molar-refractivity contribution < 1.29 is 48.5 Å². The zero-order chi connectivity index (χ0) is 43.5. The summed E-state index contributed by atoms with van der Waals surface area (Å²) in [5.41, 5.74) is 6.90. The van der Waals surface area contributed by atoms with Gasteiger partial charge in [0.05, 0.1) is 35.4 Å². The lowest BCUT2D eigenvalue weighted by atomic mass is 10.1. The highest BCUT2D eigenvalue weighted by Gasteiger charge is 2.25. The molecule has 0 saturated carbocycles. The van der Waals surface area contributed by atoms with Crippen LogP contribution >= 0.6 is 0 Å². The van der Waals surface area contributed by atoms with Crippen LogP contribution in [0.4, 0.5) is 22.7 Å². The number of primary amides is 1. The molecule has 18 heteroatoms. The Bertz CT molecular complexity index is 2510. The van der Waals surface area contributed by atoms with Crippen molar-refractivity contribution in [3.63, 3.8) is 0 Å². The Morgan fingerprint density at radius 3 is 1.83 bits per heavy atom. The highest BCUT2D eigenvalue weighted by molar-refractivity contribution is 6.10. The number of aromatic nitrogens is 1. The first-order chi connectivity index (χ1) is 28.7. The molecule has 0 aliphatic carbocycles. The number of nitrogens with zero attached hydrogens (tertiary/aromatic N) is 2. The van der Waals surface area contributed by atoms with Crippen molar-refractivity contribution in [1.82, 2.24) is 9.88 Å². The van der Waals surface area contributed by atoms with E-state index in [0.29, 0.717) is 17.7 Å². The molecule has 1 heterocycles. The molecule has 0 aliphatic rings. The van der Waals surface area contributed by atoms with Crippen LogP contribution in [-0.4, -0.2) is 68.8 Å². The van der Waals surface area contributed by atoms with Gasteiger partial charge in [-0.3, -0.25) is 28.8 Å². The van der Waals surface area contributed by atoms with Crippen molar-refractivity contribution in [3.8, 4) is 17.6 Å². The van der Waals surface area contributed by atoms with Crippen LogP contribution in [0.25, 0.3) is 0 Å². The number of nitrogens with one attached hydrogen (secondary N) is 5. The highest BCUT2D eigenvalue weighted by Crippen LogP contribution is 2.38. The number of rotatable bonds is 16. The van der Waals surface area contributed by atoms with E-state index in [9.17, 15) is 38.7 Å². The lowest BCUT2D eigenvalue weighted by molar-refractivity contribution is -0.123. The molecule has 6 amide bonds. The second-order valence-corrected chi connectivity index (χ2v) is 13.1. The van der Waals surface area contributed by atoms with Crippen LogP contribution < -0.4 is 37.1 Å². The van der Waals surface area contributed by atoms with Crippen LogP contribution in [0.3, 0.4) is 0 Å². The molecular formula is C42H38N8O10. The number of ether oxygens (including phenoxy) is 1. The van der Waals surface area contributed by atoms with Crippen LogP contribution in [0.2, 0.25) is 0 Å². The first-order valence-corrected chi connectivity index (χ1v) is 18.1. The number of carbonyl (C=O) groups excluding carboxylic acids is 6. The fraction of sp³-hybridized carbons (Fsp3) is 0.143. The number of hydrogen-bond acceptors (Lipinski definition) is 10. The maximum Gasteiger partial charge on any atom is 0.335 e. The van der Waals surface area contributed by atoms with E-state index in [-0.39, 0.29) is 57.4 Å². The molecule has 5 aromatic rings. The van der Waals surface area contributed by atoms with Crippen molar-refractivity contribution in [3.05, 3.63) is 131 Å². The third kappa shape index (κ3) is 10.7. The van der Waals surface area contributed by atoms with E-state index in [0.717, 1.165) is 0 Å². The maximum absolute atomic E-state index is 13.3. The SMILES string of the molecule is CCCOc1c(NC(=O)c2ccc(NC(=O)[C@H](CC(N)=O)NC(=O)c3ccc(NC(=O)c4cc(C#N)cn4C)cc3)cc2)ccc(C(=O)Nc2ccc(C(=O)O)cc2)c1O. The summed E-state index contributed by atoms with van der Waals surface area (Å²) >= 11 is 0. The Morgan fingerprint density at radius 2 is 1.30 bits per heavy atom. The number of carboxylic acid groups (broad SMARTS) is 1. The fourth-order valence-corrected chi connectivity index (χ4v) is 5.63. The predicted octanol–water partition coefficient (Wildman–Crippen LogP) is 4.46. The van der Waals surface area contributed by atoms with Crippen LogP contribution in [0.15, 0.2) is 97.2 Å². The van der Waals surface area contributed by atoms with Crippen molar-refractivity contribution in [2.75, 3.05) is 27.9 Å². The average molecular weight is 815 g/mol. The number of anilines is 4. The number of carboxylic acids is 1. The van der Waals surface area contributed by atoms with Crippen molar-refractivity contribution in [2.24, 2.45) is 12.8 Å². The first-order valence-electron chi connectivity index (χ1n) is 18.1. The summed E-state index contributed by atoms with van der Waals surface area (Å²) < 4.78 is 7.20. The van der Waals surface area contributed by atoms with E-state index in [4.69, 9.17) is 20.8 Å². The van der Waals surface area contributed by atoms with Crippen LogP contribution in [-0.2, 0) is 16.6 Å². The van der Waals surface area contributed by atoms with Gasteiger partial charge in [0.15, 0.2) is 11.5 Å². The topological polar surface area (TPSA) is 284 Å². The molecule has 0 saturated heterocycles. The Hall–Kier alpha value is -8.46. The lowest BCUT2D eigenvalue weighted by Gasteiger charge is -2.18. The monoisotopic (exact) mass is 814 g/mol. The molecule has 9 N–H and O–H groups in total. The molecule has 0 unspecified atom stereocenters. The van der Waals surface area contributed by atoms with Gasteiger partial charge in [0, 0.05) is 41.4 Å². The molecule has 0 radical (unpaired) electrons. The predicted molar refractivity (Wildman–Crippen MR) is 218 cm³/mol. The molecule has 5 rings (SSSR count). The minimum atomic E-state index is -1.39. The number of carbonyl (C=O) groups is 7. The van der Waals surface area contributed by atoms with Gasteiger partial charge in [-0.1, -0.05) is 6.92 Å². The maximum atomic E-state index is 13.3. The van der Waals surface area contributed by atoms with Crippen molar-refractivity contribution in [1.29, 1.82) is 5.26 Å². The summed E-state index contributed by atoms with van der Waals surface area (Å²) in [5, 5.41) is 42.2. The number of hydrogen-bond donors (Lipinski definition) is 8. The molecule has 306 valence electrons. The smallest absolute Gasteiger partial charge is 0.335 e. The highest BCUT2D eigenvalue weighted by atomic mass is 16.5. The number of phenols is 1. The summed E-state index contributed by atoms with van der Waals surface area (Å²) in [5.74, 6) is -6.03. The van der Waals surface area contributed by atoms with Gasteiger partial charge >= 0.3 is 5.97 Å². The summed E-state index contributed by atoms with van der Waals surface area (Å²) in [7, 11) is 1.62. The lowest BCUT2D eigenvalue weighted by Crippen LogP contribution is -2.46. The number of benzene rings is 4. The summed E-state index contributed by atoms with van der Waals surface area (Å²) in [6, 6.07) is 21.4. The van der Waals surface area contributed by atoms with E-state index in [1.807, 2.05) is 13.0 Å². The minimum Gasteiger partial charge on any atom is -0.504 e. The number of nitrogens with two attached hydrogens (primary N) is 1. The number of aromatic hydroxyl groups is 1. The van der Waals surface area contributed by atoms with Gasteiger partial charge in [0.2, 0.25) is 11.8 Å². The molecule has 0 fully saturated rings. The quantitative estimate of drug-likeness (QED) is 0.0688. The van der Waals surface area contributed by atoms with Gasteiger partial charge in [-0.25, -0.2) is 4.79 Å². The molecule has 0 bridgehead atoms. The standard InChI is InChI=1S/C42H38N8O10/c1-3-18-60-36-31(17-16-30(35(36)52)39(55)45-27-14-8-26(9-15-27)42(58)59)48-37(53)24-4-10-28(11-5-24)46-40(56)32(20-34(44)51)49-38(54)25-6-12-29(13-7-25)47-41(57)33-19-23(21-43)22-50(33)2/h4-17,19,22,32,52H,3,18,20H2,1-2H3,(H2,44,51)(H,45,55)(H,46,56)(H,47,57)(H,48,53)(H,49,54)(H,58,59)/t32-/m0/s1. The van der Waals surface area contributed by atoms with E-state index in [1.54, 1.807) is 7.05 Å². The number of nitriles is 1. The van der Waals surface area contributed by atoms with Gasteiger partial charge in [-0.15, -0.1) is 0 Å². The number of phenolic OH excluding ortho intramolecular Hbond substituents is 1. The Kier molecular flexibility index (Phi) is 13.6.